The number of aromatic nitrogens is 4. The van der Waals surface area contributed by atoms with E-state index in [1.165, 1.54) is 16.7 Å². The number of ether oxygens (including phenoxy) is 2. The number of rotatable bonds is 11. The van der Waals surface area contributed by atoms with Crippen LogP contribution in [0.3, 0.4) is 0 Å². The monoisotopic (exact) mass is 703 g/mol. The minimum absolute atomic E-state index is 0.0265. The lowest BCUT2D eigenvalue weighted by molar-refractivity contribution is -0.148. The maximum absolute atomic E-state index is 15.4. The summed E-state index contributed by atoms with van der Waals surface area (Å²) in [6.45, 7) is -1.04. The van der Waals surface area contributed by atoms with Crippen molar-refractivity contribution in [2.45, 2.75) is 50.9 Å². The summed E-state index contributed by atoms with van der Waals surface area (Å²) < 4.78 is 142. The van der Waals surface area contributed by atoms with Gasteiger partial charge < -0.3 is 29.7 Å². The number of anilines is 3. The Labute approximate surface area is 264 Å². The number of aliphatic hydroxyl groups excluding tert-OH is 1. The van der Waals surface area contributed by atoms with E-state index >= 15 is 4.39 Å². The minimum atomic E-state index is -5.20. The van der Waals surface area contributed by atoms with Gasteiger partial charge in [-0.1, -0.05) is 0 Å². The Morgan fingerprint density at radius 3 is 2.35 bits per heavy atom. The molecule has 2 N–H and O–H groups in total. The topological polar surface area (TPSA) is 118 Å². The summed E-state index contributed by atoms with van der Waals surface area (Å²) in [4.78, 5) is 22.9. The van der Waals surface area contributed by atoms with Gasteiger partial charge in [0.25, 0.3) is 5.56 Å². The molecule has 0 saturated carbocycles. The SMILES string of the molecule is C[C@@H](COc1ccnc(N2CCN(c3ccc(C(F)(F)F)cn3)C[C@@H]2O)c1F)Nc1cnn(COCCC(F)(F)F)c(=O)c1C(F)(F)F. The summed E-state index contributed by atoms with van der Waals surface area (Å²) in [5.41, 5.74) is -5.09. The number of halogens is 10. The van der Waals surface area contributed by atoms with Gasteiger partial charge in [0, 0.05) is 31.5 Å². The second kappa shape index (κ2) is 14.4. The zero-order valence-corrected chi connectivity index (χ0v) is 24.7. The lowest BCUT2D eigenvalue weighted by Gasteiger charge is -2.40. The molecule has 3 aromatic rings. The molecule has 0 aromatic carbocycles. The van der Waals surface area contributed by atoms with Crippen LogP contribution >= 0.6 is 0 Å². The molecule has 0 spiro atoms. The lowest BCUT2D eigenvalue weighted by atomic mass is 10.2. The first-order chi connectivity index (χ1) is 22.3. The molecule has 1 saturated heterocycles. The Morgan fingerprint density at radius 2 is 1.75 bits per heavy atom. The van der Waals surface area contributed by atoms with Gasteiger partial charge in [-0.15, -0.1) is 0 Å². The molecule has 264 valence electrons. The van der Waals surface area contributed by atoms with E-state index in [-0.39, 0.29) is 41.7 Å². The van der Waals surface area contributed by atoms with Gasteiger partial charge in [0.15, 0.2) is 11.6 Å². The van der Waals surface area contributed by atoms with Crippen LogP contribution in [-0.2, 0) is 23.8 Å². The Morgan fingerprint density at radius 1 is 1.02 bits per heavy atom. The number of pyridine rings is 2. The van der Waals surface area contributed by atoms with Gasteiger partial charge in [0.05, 0.1) is 43.1 Å². The van der Waals surface area contributed by atoms with Crippen LogP contribution in [0.25, 0.3) is 0 Å². The molecule has 4 rings (SSSR count). The Bertz CT molecular complexity index is 1600. The predicted molar refractivity (Wildman–Crippen MR) is 148 cm³/mol. The van der Waals surface area contributed by atoms with Gasteiger partial charge in [-0.2, -0.15) is 49.0 Å². The van der Waals surface area contributed by atoms with Gasteiger partial charge in [-0.25, -0.2) is 14.6 Å². The Hall–Kier alpha value is -4.40. The number of β-amino-alcohol motifs (C(OH)–C–C–N with tert-alkyl or cyclic N) is 1. The van der Waals surface area contributed by atoms with Crippen LogP contribution in [-0.4, -0.2) is 76.1 Å². The number of aliphatic hydroxyl groups is 1. The molecule has 11 nitrogen and oxygen atoms in total. The van der Waals surface area contributed by atoms with E-state index in [0.29, 0.717) is 12.4 Å². The third kappa shape index (κ3) is 9.14. The fourth-order valence-electron chi connectivity index (χ4n) is 4.51. The van der Waals surface area contributed by atoms with E-state index in [1.807, 2.05) is 0 Å². The van der Waals surface area contributed by atoms with Crippen molar-refractivity contribution in [2.24, 2.45) is 0 Å². The number of alkyl halides is 9. The molecule has 21 heteroatoms. The van der Waals surface area contributed by atoms with Crippen LogP contribution in [0, 0.1) is 5.82 Å². The average Bonchev–Trinajstić information content (AvgIpc) is 2.98. The van der Waals surface area contributed by atoms with E-state index in [9.17, 15) is 49.4 Å². The highest BCUT2D eigenvalue weighted by atomic mass is 19.4. The number of piperazine rings is 1. The third-order valence-electron chi connectivity index (χ3n) is 6.82. The van der Waals surface area contributed by atoms with Crippen molar-refractivity contribution >= 4 is 17.3 Å². The fraction of sp³-hybridized carbons (Fsp3) is 0.481. The smallest absolute Gasteiger partial charge is 0.423 e. The van der Waals surface area contributed by atoms with Gasteiger partial charge >= 0.3 is 18.5 Å². The van der Waals surface area contributed by atoms with Crippen LogP contribution in [0.15, 0.2) is 41.6 Å². The molecule has 48 heavy (non-hydrogen) atoms. The van der Waals surface area contributed by atoms with Crippen LogP contribution < -0.4 is 25.4 Å². The first kappa shape index (κ1) is 36.4. The average molecular weight is 704 g/mol. The number of hydrogen-bond donors (Lipinski definition) is 2. The quantitative estimate of drug-likeness (QED) is 0.216. The Kier molecular flexibility index (Phi) is 10.9. The van der Waals surface area contributed by atoms with E-state index < -0.39 is 85.4 Å². The van der Waals surface area contributed by atoms with Crippen molar-refractivity contribution in [2.75, 3.05) is 48.0 Å². The summed E-state index contributed by atoms with van der Waals surface area (Å²) in [6.07, 6.45) is -14.7. The molecular formula is C27H27F10N7O4. The van der Waals surface area contributed by atoms with Crippen LogP contribution in [0.2, 0.25) is 0 Å². The molecule has 1 aliphatic heterocycles. The van der Waals surface area contributed by atoms with E-state index in [4.69, 9.17) is 4.74 Å². The van der Waals surface area contributed by atoms with E-state index in [2.05, 4.69) is 25.1 Å². The predicted octanol–water partition coefficient (Wildman–Crippen LogP) is 4.66. The van der Waals surface area contributed by atoms with Gasteiger partial charge in [-0.3, -0.25) is 4.79 Å². The van der Waals surface area contributed by atoms with Crippen molar-refractivity contribution in [3.05, 3.63) is 64.1 Å². The highest BCUT2D eigenvalue weighted by Crippen LogP contribution is 2.33. The maximum atomic E-state index is 15.4. The van der Waals surface area contributed by atoms with Crippen molar-refractivity contribution in [3.63, 3.8) is 0 Å². The minimum Gasteiger partial charge on any atom is -0.488 e. The zero-order valence-electron chi connectivity index (χ0n) is 24.7. The van der Waals surface area contributed by atoms with Gasteiger partial charge in [0.2, 0.25) is 5.82 Å². The number of nitrogens with zero attached hydrogens (tertiary/aromatic N) is 6. The van der Waals surface area contributed by atoms with Crippen LogP contribution in [0.1, 0.15) is 24.5 Å². The van der Waals surface area contributed by atoms with Crippen LogP contribution in [0.5, 0.6) is 5.75 Å². The number of hydrogen-bond acceptors (Lipinski definition) is 10. The normalized spacial score (nSPS) is 16.6. The molecule has 4 heterocycles. The van der Waals surface area contributed by atoms with E-state index in [0.717, 1.165) is 24.4 Å². The highest BCUT2D eigenvalue weighted by molar-refractivity contribution is 5.51. The van der Waals surface area contributed by atoms with Crippen molar-refractivity contribution in [3.8, 4) is 5.75 Å². The summed E-state index contributed by atoms with van der Waals surface area (Å²) in [7, 11) is 0. The molecule has 0 amide bonds. The summed E-state index contributed by atoms with van der Waals surface area (Å²) >= 11 is 0. The summed E-state index contributed by atoms with van der Waals surface area (Å²) in [5, 5.41) is 16.6. The standard InChI is InChI=1S/C27H27F10N7O4/c1-15(41-17-11-40-44(14-47-9-5-25(29,30)31)24(46)21(17)27(35,36)37)13-48-18-4-6-38-23(22(18)28)43-8-7-42(12-20(43)45)19-3-2-16(10-39-19)26(32,33)34/h2-4,6,10-11,15,20,41,45H,5,7-9,12-14H2,1H3/t15-,20-/m0/s1. The van der Waals surface area contributed by atoms with Crippen molar-refractivity contribution < 1.29 is 58.5 Å². The van der Waals surface area contributed by atoms with Gasteiger partial charge in [0.1, 0.15) is 30.9 Å². The second-order valence-electron chi connectivity index (χ2n) is 10.5. The largest absolute Gasteiger partial charge is 0.488 e. The van der Waals surface area contributed by atoms with Crippen LogP contribution in [0.4, 0.5) is 61.2 Å². The van der Waals surface area contributed by atoms with E-state index in [1.54, 1.807) is 0 Å². The molecule has 1 aliphatic rings. The van der Waals surface area contributed by atoms with Crippen molar-refractivity contribution in [1.82, 2.24) is 19.7 Å². The first-order valence-electron chi connectivity index (χ1n) is 13.9. The molecule has 0 aliphatic carbocycles. The Balaban J connectivity index is 1.39. The third-order valence-corrected chi connectivity index (χ3v) is 6.82. The molecule has 0 bridgehead atoms. The van der Waals surface area contributed by atoms with Gasteiger partial charge in [-0.05, 0) is 19.1 Å². The number of nitrogens with one attached hydrogen (secondary N) is 1. The highest BCUT2D eigenvalue weighted by Gasteiger charge is 2.39. The lowest BCUT2D eigenvalue weighted by Crippen LogP contribution is -2.54. The molecule has 1 fully saturated rings. The fourth-order valence-corrected chi connectivity index (χ4v) is 4.51. The zero-order chi connectivity index (χ0) is 35.4. The molecule has 0 unspecified atom stereocenters. The molecular weight excluding hydrogens is 676 g/mol. The summed E-state index contributed by atoms with van der Waals surface area (Å²) in [5.74, 6) is -1.57. The maximum Gasteiger partial charge on any atom is 0.423 e. The summed E-state index contributed by atoms with van der Waals surface area (Å²) in [6, 6.07) is 2.12. The second-order valence-corrected chi connectivity index (χ2v) is 10.5. The molecule has 0 radical (unpaired) electrons. The first-order valence-corrected chi connectivity index (χ1v) is 13.9. The molecule has 3 aromatic heterocycles. The van der Waals surface area contributed by atoms with Crippen molar-refractivity contribution in [1.29, 1.82) is 0 Å². The molecule has 2 atom stereocenters.